The molecule has 2 aromatic rings. The maximum Gasteiger partial charge on any atom is 0.179 e. The van der Waals surface area contributed by atoms with E-state index < -0.39 is 6.10 Å². The second kappa shape index (κ2) is 7.74. The van der Waals surface area contributed by atoms with Crippen molar-refractivity contribution in [1.29, 1.82) is 0 Å². The van der Waals surface area contributed by atoms with Gasteiger partial charge in [-0.15, -0.1) is 11.8 Å². The highest BCUT2D eigenvalue weighted by Gasteiger charge is 2.12. The molecule has 0 aliphatic carbocycles. The Labute approximate surface area is 129 Å². The lowest BCUT2D eigenvalue weighted by Gasteiger charge is -2.14. The van der Waals surface area contributed by atoms with Gasteiger partial charge in [0.15, 0.2) is 12.4 Å². The van der Waals surface area contributed by atoms with Crippen molar-refractivity contribution < 1.29 is 14.3 Å². The van der Waals surface area contributed by atoms with Gasteiger partial charge >= 0.3 is 0 Å². The number of carbonyl (C=O) groups excluding carboxylic acids is 1. The first-order chi connectivity index (χ1) is 10.3. The van der Waals surface area contributed by atoms with Crippen molar-refractivity contribution in [2.75, 3.05) is 12.9 Å². The lowest BCUT2D eigenvalue weighted by Crippen LogP contribution is -2.08. The predicted molar refractivity (Wildman–Crippen MR) is 85.3 cm³/mol. The summed E-state index contributed by atoms with van der Waals surface area (Å²) in [6.07, 6.45) is 0.214. The van der Waals surface area contributed by atoms with Gasteiger partial charge in [0.2, 0.25) is 0 Å². The number of carbonyl (C=O) groups is 1. The van der Waals surface area contributed by atoms with E-state index in [1.807, 2.05) is 24.3 Å². The molecule has 0 amide bonds. The SMILES string of the molecule is CCSc1ccc(C(C=O)Oc2ccc(OC)cc2)cc1. The summed E-state index contributed by atoms with van der Waals surface area (Å²) in [5.74, 6) is 2.42. The summed E-state index contributed by atoms with van der Waals surface area (Å²) in [4.78, 5) is 12.5. The number of thioether (sulfide) groups is 1. The average molecular weight is 302 g/mol. The van der Waals surface area contributed by atoms with Crippen molar-refractivity contribution in [1.82, 2.24) is 0 Å². The zero-order valence-corrected chi connectivity index (χ0v) is 12.9. The first kappa shape index (κ1) is 15.4. The molecule has 3 nitrogen and oxygen atoms in total. The molecule has 2 rings (SSSR count). The average Bonchev–Trinajstić information content (AvgIpc) is 2.54. The minimum Gasteiger partial charge on any atom is -0.497 e. The van der Waals surface area contributed by atoms with Gasteiger partial charge in [0.05, 0.1) is 7.11 Å². The number of ether oxygens (including phenoxy) is 2. The van der Waals surface area contributed by atoms with Gasteiger partial charge in [0.1, 0.15) is 11.5 Å². The van der Waals surface area contributed by atoms with Crippen molar-refractivity contribution in [3.05, 3.63) is 54.1 Å². The standard InChI is InChI=1S/C17H18O3S/c1-3-21-16-10-4-13(5-11-16)17(12-18)20-15-8-6-14(19-2)7-9-15/h4-12,17H,3H2,1-2H3. The van der Waals surface area contributed by atoms with Gasteiger partial charge in [-0.3, -0.25) is 4.79 Å². The van der Waals surface area contributed by atoms with Crippen LogP contribution < -0.4 is 9.47 Å². The maximum absolute atomic E-state index is 11.3. The summed E-state index contributed by atoms with van der Waals surface area (Å²) >= 11 is 1.77. The van der Waals surface area contributed by atoms with E-state index in [2.05, 4.69) is 6.92 Å². The van der Waals surface area contributed by atoms with Crippen LogP contribution in [0.5, 0.6) is 11.5 Å². The molecule has 1 atom stereocenters. The van der Waals surface area contributed by atoms with Crippen LogP contribution in [0, 0.1) is 0 Å². The van der Waals surface area contributed by atoms with Gasteiger partial charge in [-0.2, -0.15) is 0 Å². The van der Waals surface area contributed by atoms with Gasteiger partial charge in [-0.25, -0.2) is 0 Å². The van der Waals surface area contributed by atoms with Crippen molar-refractivity contribution in [2.24, 2.45) is 0 Å². The Balaban J connectivity index is 2.09. The highest BCUT2D eigenvalue weighted by Crippen LogP contribution is 2.25. The normalized spacial score (nSPS) is 11.7. The minimum absolute atomic E-state index is 0.598. The molecule has 0 aromatic heterocycles. The lowest BCUT2D eigenvalue weighted by atomic mass is 10.1. The Hall–Kier alpha value is -1.94. The number of methoxy groups -OCH3 is 1. The van der Waals surface area contributed by atoms with Crippen LogP contribution in [0.2, 0.25) is 0 Å². The second-order valence-electron chi connectivity index (χ2n) is 4.35. The van der Waals surface area contributed by atoms with Crippen LogP contribution in [-0.2, 0) is 4.79 Å². The fraction of sp³-hybridized carbons (Fsp3) is 0.235. The molecule has 21 heavy (non-hydrogen) atoms. The van der Waals surface area contributed by atoms with E-state index in [1.165, 1.54) is 4.90 Å². The Bertz CT molecular complexity index is 564. The summed E-state index contributed by atoms with van der Waals surface area (Å²) < 4.78 is 10.8. The molecule has 0 N–H and O–H groups in total. The van der Waals surface area contributed by atoms with Crippen LogP contribution in [0.25, 0.3) is 0 Å². The number of hydrogen-bond acceptors (Lipinski definition) is 4. The molecule has 4 heteroatoms. The third-order valence-corrected chi connectivity index (χ3v) is 3.86. The Morgan fingerprint density at radius 1 is 1.05 bits per heavy atom. The Morgan fingerprint density at radius 3 is 2.19 bits per heavy atom. The van der Waals surface area contributed by atoms with E-state index >= 15 is 0 Å². The van der Waals surface area contributed by atoms with Crippen LogP contribution in [-0.4, -0.2) is 19.1 Å². The number of benzene rings is 2. The number of rotatable bonds is 7. The summed E-state index contributed by atoms with van der Waals surface area (Å²) in [5, 5.41) is 0. The molecular formula is C17H18O3S. The molecule has 0 aliphatic heterocycles. The third-order valence-electron chi connectivity index (χ3n) is 2.97. The Morgan fingerprint density at radius 2 is 1.67 bits per heavy atom. The molecule has 0 fully saturated rings. The van der Waals surface area contributed by atoms with Crippen LogP contribution in [0.4, 0.5) is 0 Å². The van der Waals surface area contributed by atoms with Gasteiger partial charge in [0, 0.05) is 4.90 Å². The van der Waals surface area contributed by atoms with Gasteiger partial charge in [0.25, 0.3) is 0 Å². The molecule has 0 aliphatic rings. The summed E-state index contributed by atoms with van der Waals surface area (Å²) in [6.45, 7) is 2.11. The maximum atomic E-state index is 11.3. The first-order valence-corrected chi connectivity index (χ1v) is 7.74. The predicted octanol–water partition coefficient (Wildman–Crippen LogP) is 4.13. The van der Waals surface area contributed by atoms with Gasteiger partial charge in [-0.05, 0) is 47.7 Å². The molecule has 0 spiro atoms. The van der Waals surface area contributed by atoms with E-state index in [9.17, 15) is 4.79 Å². The zero-order chi connectivity index (χ0) is 15.1. The molecule has 0 radical (unpaired) electrons. The number of aldehydes is 1. The van der Waals surface area contributed by atoms with Crippen LogP contribution >= 0.6 is 11.8 Å². The highest BCUT2D eigenvalue weighted by atomic mass is 32.2. The quantitative estimate of drug-likeness (QED) is 0.569. The van der Waals surface area contributed by atoms with E-state index in [1.54, 1.807) is 43.1 Å². The van der Waals surface area contributed by atoms with Crippen molar-refractivity contribution in [3.8, 4) is 11.5 Å². The van der Waals surface area contributed by atoms with Crippen molar-refractivity contribution in [2.45, 2.75) is 17.9 Å². The summed E-state index contributed by atoms with van der Waals surface area (Å²) in [7, 11) is 1.61. The molecule has 0 heterocycles. The van der Waals surface area contributed by atoms with Crippen LogP contribution in [0.3, 0.4) is 0 Å². The van der Waals surface area contributed by atoms with Crippen LogP contribution in [0.15, 0.2) is 53.4 Å². The molecule has 0 bridgehead atoms. The fourth-order valence-electron chi connectivity index (χ4n) is 1.90. The summed E-state index contributed by atoms with van der Waals surface area (Å²) in [6, 6.07) is 15.1. The highest BCUT2D eigenvalue weighted by molar-refractivity contribution is 7.99. The van der Waals surface area contributed by atoms with E-state index in [-0.39, 0.29) is 0 Å². The summed E-state index contributed by atoms with van der Waals surface area (Å²) in [5.41, 5.74) is 0.848. The van der Waals surface area contributed by atoms with E-state index in [4.69, 9.17) is 9.47 Å². The second-order valence-corrected chi connectivity index (χ2v) is 5.69. The topological polar surface area (TPSA) is 35.5 Å². The van der Waals surface area contributed by atoms with E-state index in [0.717, 1.165) is 23.4 Å². The van der Waals surface area contributed by atoms with Gasteiger partial charge in [-0.1, -0.05) is 19.1 Å². The smallest absolute Gasteiger partial charge is 0.179 e. The largest absolute Gasteiger partial charge is 0.497 e. The monoisotopic (exact) mass is 302 g/mol. The molecule has 0 saturated carbocycles. The fourth-order valence-corrected chi connectivity index (χ4v) is 2.56. The lowest BCUT2D eigenvalue weighted by molar-refractivity contribution is -0.113. The molecule has 110 valence electrons. The van der Waals surface area contributed by atoms with Crippen molar-refractivity contribution >= 4 is 18.0 Å². The number of hydrogen-bond donors (Lipinski definition) is 0. The minimum atomic E-state index is -0.598. The van der Waals surface area contributed by atoms with Crippen LogP contribution in [0.1, 0.15) is 18.6 Å². The van der Waals surface area contributed by atoms with Crippen molar-refractivity contribution in [3.63, 3.8) is 0 Å². The Kier molecular flexibility index (Phi) is 5.69. The third kappa shape index (κ3) is 4.26. The van der Waals surface area contributed by atoms with E-state index in [0.29, 0.717) is 5.75 Å². The first-order valence-electron chi connectivity index (χ1n) is 6.75. The molecule has 2 aromatic carbocycles. The molecule has 0 saturated heterocycles. The molecule has 1 unspecified atom stereocenters. The molecular weight excluding hydrogens is 284 g/mol. The van der Waals surface area contributed by atoms with Gasteiger partial charge < -0.3 is 9.47 Å². The zero-order valence-electron chi connectivity index (χ0n) is 12.1.